The summed E-state index contributed by atoms with van der Waals surface area (Å²) < 4.78 is 81.4. The Morgan fingerprint density at radius 1 is 1.14 bits per heavy atom. The monoisotopic (exact) mass is 417 g/mol. The average Bonchev–Trinajstić information content (AvgIpc) is 3.23. The summed E-state index contributed by atoms with van der Waals surface area (Å²) >= 11 is 0. The maximum Gasteiger partial charge on any atom is 0.280 e. The van der Waals surface area contributed by atoms with Crippen LogP contribution in [0.5, 0.6) is 0 Å². The number of aromatic nitrogens is 4. The molecule has 0 aliphatic rings. The molecular formula is C17H13F6N5O. The van der Waals surface area contributed by atoms with Crippen molar-refractivity contribution in [2.45, 2.75) is 26.4 Å². The number of hydrogen-bond donors (Lipinski definition) is 1. The summed E-state index contributed by atoms with van der Waals surface area (Å²) in [4.78, 5) is 12.1. The van der Waals surface area contributed by atoms with Crippen molar-refractivity contribution in [2.75, 3.05) is 5.32 Å². The maximum atomic E-state index is 13.7. The molecule has 0 saturated carbocycles. The highest BCUT2D eigenvalue weighted by Gasteiger charge is 2.20. The van der Waals surface area contributed by atoms with E-state index in [1.807, 2.05) is 0 Å². The van der Waals surface area contributed by atoms with Gasteiger partial charge in [0.1, 0.15) is 18.1 Å². The fourth-order valence-corrected chi connectivity index (χ4v) is 2.63. The van der Waals surface area contributed by atoms with E-state index in [-0.39, 0.29) is 11.8 Å². The smallest absolute Gasteiger partial charge is 0.280 e. The Labute approximate surface area is 159 Å². The third-order valence-electron chi connectivity index (χ3n) is 3.90. The summed E-state index contributed by atoms with van der Waals surface area (Å²) in [5, 5.41) is 9.95. The van der Waals surface area contributed by atoms with Crippen molar-refractivity contribution in [1.29, 1.82) is 0 Å². The van der Waals surface area contributed by atoms with Crippen molar-refractivity contribution < 1.29 is 31.1 Å². The summed E-state index contributed by atoms with van der Waals surface area (Å²) in [6.07, 6.45) is -0.497. The van der Waals surface area contributed by atoms with Gasteiger partial charge in [-0.25, -0.2) is 26.3 Å². The van der Waals surface area contributed by atoms with Gasteiger partial charge < -0.3 is 5.32 Å². The molecule has 29 heavy (non-hydrogen) atoms. The molecule has 0 atom stereocenters. The zero-order chi connectivity index (χ0) is 21.3. The number of hydrogen-bond acceptors (Lipinski definition) is 3. The SMILES string of the molecule is Cc1cc(C(F)F)n(CC(=O)Nc2cnn(Cc3c(F)cc(F)c(F)c3F)c2)n1. The first kappa shape index (κ1) is 20.4. The summed E-state index contributed by atoms with van der Waals surface area (Å²) in [7, 11) is 0. The zero-order valence-electron chi connectivity index (χ0n) is 14.8. The Balaban J connectivity index is 1.70. The fourth-order valence-electron chi connectivity index (χ4n) is 2.63. The molecule has 1 aromatic carbocycles. The van der Waals surface area contributed by atoms with Gasteiger partial charge in [-0.1, -0.05) is 0 Å². The summed E-state index contributed by atoms with van der Waals surface area (Å²) in [6, 6.07) is 1.37. The van der Waals surface area contributed by atoms with Gasteiger partial charge in [0.05, 0.1) is 24.1 Å². The number of benzene rings is 1. The highest BCUT2D eigenvalue weighted by Crippen LogP contribution is 2.21. The van der Waals surface area contributed by atoms with Crippen molar-refractivity contribution >= 4 is 11.6 Å². The van der Waals surface area contributed by atoms with Crippen LogP contribution in [-0.2, 0) is 17.9 Å². The lowest BCUT2D eigenvalue weighted by molar-refractivity contribution is -0.117. The van der Waals surface area contributed by atoms with Crippen molar-refractivity contribution in [3.8, 4) is 0 Å². The standard InChI is InChI=1S/C17H13F6N5O/c1-8-2-13(17(22)23)28(26-8)7-14(29)25-9-4-24-27(5-9)6-10-11(18)3-12(19)16(21)15(10)20/h2-5,17H,6-7H2,1H3,(H,25,29). The second kappa shape index (κ2) is 7.97. The molecule has 0 radical (unpaired) electrons. The van der Waals surface area contributed by atoms with E-state index in [1.165, 1.54) is 13.1 Å². The minimum atomic E-state index is -2.81. The van der Waals surface area contributed by atoms with Crippen molar-refractivity contribution in [2.24, 2.45) is 0 Å². The van der Waals surface area contributed by atoms with Crippen LogP contribution in [0.4, 0.5) is 32.0 Å². The first-order valence-electron chi connectivity index (χ1n) is 8.12. The Hall–Kier alpha value is -3.31. The van der Waals surface area contributed by atoms with E-state index in [0.29, 0.717) is 5.69 Å². The Morgan fingerprint density at radius 2 is 1.86 bits per heavy atom. The van der Waals surface area contributed by atoms with Gasteiger partial charge in [0, 0.05) is 17.8 Å². The minimum absolute atomic E-state index is 0.0980. The van der Waals surface area contributed by atoms with Gasteiger partial charge in [-0.15, -0.1) is 0 Å². The highest BCUT2D eigenvalue weighted by atomic mass is 19.3. The number of nitrogens with one attached hydrogen (secondary N) is 1. The molecule has 12 heteroatoms. The molecule has 0 bridgehead atoms. The summed E-state index contributed by atoms with van der Waals surface area (Å²) in [6.45, 7) is 0.435. The molecule has 6 nitrogen and oxygen atoms in total. The van der Waals surface area contributed by atoms with Crippen LogP contribution in [-0.4, -0.2) is 25.5 Å². The number of amides is 1. The number of alkyl halides is 2. The predicted molar refractivity (Wildman–Crippen MR) is 88.2 cm³/mol. The van der Waals surface area contributed by atoms with Crippen LogP contribution in [0, 0.1) is 30.2 Å². The highest BCUT2D eigenvalue weighted by molar-refractivity contribution is 5.90. The lowest BCUT2D eigenvalue weighted by atomic mass is 10.2. The molecule has 3 rings (SSSR count). The number of nitrogens with zero attached hydrogens (tertiary/aromatic N) is 4. The molecule has 1 amide bonds. The normalized spacial score (nSPS) is 11.3. The number of carbonyl (C=O) groups is 1. The van der Waals surface area contributed by atoms with Gasteiger partial charge >= 0.3 is 0 Å². The first-order valence-corrected chi connectivity index (χ1v) is 8.12. The van der Waals surface area contributed by atoms with Crippen molar-refractivity contribution in [1.82, 2.24) is 19.6 Å². The predicted octanol–water partition coefficient (Wildman–Crippen LogP) is 3.57. The average molecular weight is 417 g/mol. The maximum absolute atomic E-state index is 13.7. The summed E-state index contributed by atoms with van der Waals surface area (Å²) in [5.41, 5.74) is -0.756. The van der Waals surface area contributed by atoms with Crippen molar-refractivity contribution in [3.05, 3.63) is 64.7 Å². The zero-order valence-corrected chi connectivity index (χ0v) is 14.8. The quantitative estimate of drug-likeness (QED) is 0.379. The van der Waals surface area contributed by atoms with E-state index in [2.05, 4.69) is 15.5 Å². The van der Waals surface area contributed by atoms with Gasteiger partial charge in [0.15, 0.2) is 17.5 Å². The Morgan fingerprint density at radius 3 is 2.55 bits per heavy atom. The molecule has 3 aromatic rings. The van der Waals surface area contributed by atoms with Gasteiger partial charge in [-0.3, -0.25) is 14.2 Å². The molecule has 1 N–H and O–H groups in total. The van der Waals surface area contributed by atoms with Crippen LogP contribution in [0.2, 0.25) is 0 Å². The third kappa shape index (κ3) is 4.41. The molecule has 0 aliphatic heterocycles. The van der Waals surface area contributed by atoms with Crippen LogP contribution in [0.3, 0.4) is 0 Å². The third-order valence-corrected chi connectivity index (χ3v) is 3.90. The van der Waals surface area contributed by atoms with E-state index in [9.17, 15) is 31.1 Å². The molecule has 0 unspecified atom stereocenters. The van der Waals surface area contributed by atoms with E-state index in [4.69, 9.17) is 0 Å². The van der Waals surface area contributed by atoms with Crippen LogP contribution in [0.15, 0.2) is 24.5 Å². The second-order valence-corrected chi connectivity index (χ2v) is 6.09. The fraction of sp³-hybridized carbons (Fsp3) is 0.235. The molecule has 154 valence electrons. The number of aryl methyl sites for hydroxylation is 1. The second-order valence-electron chi connectivity index (χ2n) is 6.09. The number of carbonyl (C=O) groups excluding carboxylic acids is 1. The van der Waals surface area contributed by atoms with E-state index in [0.717, 1.165) is 21.6 Å². The topological polar surface area (TPSA) is 64.7 Å². The number of anilines is 1. The van der Waals surface area contributed by atoms with Crippen LogP contribution in [0.1, 0.15) is 23.4 Å². The van der Waals surface area contributed by atoms with Crippen LogP contribution in [0.25, 0.3) is 0 Å². The van der Waals surface area contributed by atoms with E-state index < -0.39 is 59.9 Å². The van der Waals surface area contributed by atoms with Crippen molar-refractivity contribution in [3.63, 3.8) is 0 Å². The van der Waals surface area contributed by atoms with E-state index >= 15 is 0 Å². The number of rotatable bonds is 6. The van der Waals surface area contributed by atoms with Gasteiger partial charge in [0.25, 0.3) is 6.43 Å². The molecular weight excluding hydrogens is 404 g/mol. The van der Waals surface area contributed by atoms with Gasteiger partial charge in [-0.05, 0) is 13.0 Å². The molecule has 0 fully saturated rings. The molecule has 2 heterocycles. The molecule has 0 saturated heterocycles. The lowest BCUT2D eigenvalue weighted by Gasteiger charge is -2.07. The number of halogens is 6. The first-order chi connectivity index (χ1) is 13.7. The lowest BCUT2D eigenvalue weighted by Crippen LogP contribution is -2.21. The molecule has 0 spiro atoms. The largest absolute Gasteiger partial charge is 0.322 e. The molecule has 2 aromatic heterocycles. The minimum Gasteiger partial charge on any atom is -0.322 e. The molecule has 0 aliphatic carbocycles. The Kier molecular flexibility index (Phi) is 5.62. The van der Waals surface area contributed by atoms with Crippen LogP contribution >= 0.6 is 0 Å². The van der Waals surface area contributed by atoms with Gasteiger partial charge in [0.2, 0.25) is 5.91 Å². The summed E-state index contributed by atoms with van der Waals surface area (Å²) in [5.74, 6) is -7.14. The van der Waals surface area contributed by atoms with Gasteiger partial charge in [-0.2, -0.15) is 10.2 Å². The van der Waals surface area contributed by atoms with Crippen LogP contribution < -0.4 is 5.32 Å². The Bertz CT molecular complexity index is 1060. The van der Waals surface area contributed by atoms with E-state index in [1.54, 1.807) is 0 Å².